The van der Waals surface area contributed by atoms with E-state index in [0.29, 0.717) is 0 Å². The van der Waals surface area contributed by atoms with E-state index in [2.05, 4.69) is 25.7 Å². The van der Waals surface area contributed by atoms with Gasteiger partial charge in [0.1, 0.15) is 0 Å². The third-order valence-electron chi connectivity index (χ3n) is 3.33. The summed E-state index contributed by atoms with van der Waals surface area (Å²) in [5.41, 5.74) is 0. The summed E-state index contributed by atoms with van der Waals surface area (Å²) in [6, 6.07) is 0. The lowest BCUT2D eigenvalue weighted by atomic mass is 10.1. The van der Waals surface area contributed by atoms with Crippen LogP contribution < -0.4 is 0 Å². The van der Waals surface area contributed by atoms with Crippen LogP contribution in [0, 0.1) is 18.8 Å². The van der Waals surface area contributed by atoms with Gasteiger partial charge in [0.15, 0.2) is 0 Å². The smallest absolute Gasteiger partial charge is 0.00886 e. The van der Waals surface area contributed by atoms with Crippen LogP contribution in [0.5, 0.6) is 0 Å². The Labute approximate surface area is 116 Å². The summed E-state index contributed by atoms with van der Waals surface area (Å²) < 4.78 is 0. The van der Waals surface area contributed by atoms with Crippen molar-refractivity contribution in [3.8, 4) is 11.8 Å². The third-order valence-corrected chi connectivity index (χ3v) is 3.33. The quantitative estimate of drug-likeness (QED) is 0.281. The fourth-order valence-corrected chi connectivity index (χ4v) is 2.14. The van der Waals surface area contributed by atoms with Crippen LogP contribution in [0.25, 0.3) is 0 Å². The van der Waals surface area contributed by atoms with E-state index >= 15 is 0 Å². The van der Waals surface area contributed by atoms with E-state index in [9.17, 15) is 0 Å². The molecule has 0 saturated heterocycles. The van der Waals surface area contributed by atoms with Crippen molar-refractivity contribution >= 4 is 0 Å². The Morgan fingerprint density at radius 2 is 1.06 bits per heavy atom. The molecule has 0 heterocycles. The van der Waals surface area contributed by atoms with Gasteiger partial charge in [-0.15, -0.1) is 11.8 Å². The van der Waals surface area contributed by atoms with E-state index in [-0.39, 0.29) is 0 Å². The van der Waals surface area contributed by atoms with Gasteiger partial charge >= 0.3 is 0 Å². The van der Waals surface area contributed by atoms with Crippen LogP contribution in [-0.2, 0) is 0 Å². The predicted octanol–water partition coefficient (Wildman–Crippen LogP) is 6.31. The van der Waals surface area contributed by atoms with Crippen LogP contribution in [0.15, 0.2) is 0 Å². The van der Waals surface area contributed by atoms with Gasteiger partial charge < -0.3 is 0 Å². The van der Waals surface area contributed by atoms with E-state index in [0.717, 1.165) is 19.3 Å². The minimum absolute atomic E-state index is 0.950. The second kappa shape index (κ2) is 16.6. The summed E-state index contributed by atoms with van der Waals surface area (Å²) in [7, 11) is 0. The standard InChI is InChI=1S/C18H33/c1-3-5-7-9-11-13-15-17-18-16-14-12-10-8-6-4-2/h1,3-6,8,10-18H2,2H3. The molecule has 0 aliphatic carbocycles. The van der Waals surface area contributed by atoms with E-state index in [4.69, 9.17) is 0 Å². The SMILES string of the molecule is [CH2]CCC#CCCCCCCCCCCCCC. The zero-order valence-electron chi connectivity index (χ0n) is 12.6. The van der Waals surface area contributed by atoms with Crippen molar-refractivity contribution in [1.82, 2.24) is 0 Å². The van der Waals surface area contributed by atoms with Gasteiger partial charge in [-0.25, -0.2) is 0 Å². The Hall–Kier alpha value is -0.440. The third kappa shape index (κ3) is 15.6. The molecule has 0 nitrogen and oxygen atoms in total. The Balaban J connectivity index is 2.97. The zero-order chi connectivity index (χ0) is 13.3. The van der Waals surface area contributed by atoms with Crippen molar-refractivity contribution in [2.24, 2.45) is 0 Å². The van der Waals surface area contributed by atoms with Gasteiger partial charge in [-0.3, -0.25) is 0 Å². The average molecular weight is 249 g/mol. The first-order valence-electron chi connectivity index (χ1n) is 8.16. The average Bonchev–Trinajstić information content (AvgIpc) is 2.39. The molecule has 0 aromatic carbocycles. The molecule has 0 aliphatic rings. The molecule has 18 heavy (non-hydrogen) atoms. The molecule has 0 aromatic rings. The van der Waals surface area contributed by atoms with Crippen molar-refractivity contribution in [2.75, 3.05) is 0 Å². The summed E-state index contributed by atoms with van der Waals surface area (Å²) in [6.45, 7) is 6.06. The Morgan fingerprint density at radius 3 is 1.56 bits per heavy atom. The monoisotopic (exact) mass is 249 g/mol. The molecule has 0 aliphatic heterocycles. The van der Waals surface area contributed by atoms with Crippen LogP contribution in [0.2, 0.25) is 0 Å². The summed E-state index contributed by atoms with van der Waals surface area (Å²) in [5, 5.41) is 0. The minimum Gasteiger partial charge on any atom is -0.103 e. The highest BCUT2D eigenvalue weighted by Crippen LogP contribution is 2.11. The first-order chi connectivity index (χ1) is 8.91. The van der Waals surface area contributed by atoms with Crippen LogP contribution in [0.3, 0.4) is 0 Å². The molecular weight excluding hydrogens is 216 g/mol. The number of hydrogen-bond acceptors (Lipinski definition) is 0. The van der Waals surface area contributed by atoms with Gasteiger partial charge in [0.2, 0.25) is 0 Å². The van der Waals surface area contributed by atoms with Gasteiger partial charge in [0.25, 0.3) is 0 Å². The summed E-state index contributed by atoms with van der Waals surface area (Å²) >= 11 is 0. The van der Waals surface area contributed by atoms with Gasteiger partial charge in [0, 0.05) is 12.8 Å². The lowest BCUT2D eigenvalue weighted by Crippen LogP contribution is -1.82. The summed E-state index contributed by atoms with van der Waals surface area (Å²) in [6.07, 6.45) is 18.6. The van der Waals surface area contributed by atoms with Gasteiger partial charge in [-0.2, -0.15) is 0 Å². The number of hydrogen-bond donors (Lipinski definition) is 0. The molecule has 0 bridgehead atoms. The van der Waals surface area contributed by atoms with Crippen molar-refractivity contribution in [3.63, 3.8) is 0 Å². The van der Waals surface area contributed by atoms with Crippen LogP contribution in [-0.4, -0.2) is 0 Å². The summed E-state index contributed by atoms with van der Waals surface area (Å²) in [4.78, 5) is 0. The largest absolute Gasteiger partial charge is 0.103 e. The lowest BCUT2D eigenvalue weighted by molar-refractivity contribution is 0.551. The zero-order valence-corrected chi connectivity index (χ0v) is 12.6. The Kier molecular flexibility index (Phi) is 16.2. The second-order valence-electron chi connectivity index (χ2n) is 5.24. The van der Waals surface area contributed by atoms with Crippen LogP contribution in [0.1, 0.15) is 96.8 Å². The molecular formula is C18H33. The molecule has 0 fully saturated rings. The molecule has 0 atom stereocenters. The molecule has 0 rings (SSSR count). The second-order valence-corrected chi connectivity index (χ2v) is 5.24. The van der Waals surface area contributed by atoms with Crippen molar-refractivity contribution < 1.29 is 0 Å². The minimum atomic E-state index is 0.950. The van der Waals surface area contributed by atoms with Crippen molar-refractivity contribution in [1.29, 1.82) is 0 Å². The van der Waals surface area contributed by atoms with Gasteiger partial charge in [-0.05, 0) is 12.8 Å². The molecule has 0 unspecified atom stereocenters. The maximum Gasteiger partial charge on any atom is 0.00886 e. The van der Waals surface area contributed by atoms with E-state index in [1.54, 1.807) is 0 Å². The predicted molar refractivity (Wildman–Crippen MR) is 83.4 cm³/mol. The fraction of sp³-hybridized carbons (Fsp3) is 0.833. The Morgan fingerprint density at radius 1 is 0.611 bits per heavy atom. The van der Waals surface area contributed by atoms with Crippen molar-refractivity contribution in [2.45, 2.75) is 96.8 Å². The number of unbranched alkanes of at least 4 members (excludes halogenated alkanes) is 12. The fourth-order valence-electron chi connectivity index (χ4n) is 2.14. The van der Waals surface area contributed by atoms with Crippen LogP contribution >= 0.6 is 0 Å². The molecule has 0 N–H and O–H groups in total. The highest BCUT2D eigenvalue weighted by Gasteiger charge is 1.92. The maximum absolute atomic E-state index is 3.78. The number of rotatable bonds is 12. The van der Waals surface area contributed by atoms with E-state index < -0.39 is 0 Å². The van der Waals surface area contributed by atoms with Crippen molar-refractivity contribution in [3.05, 3.63) is 6.92 Å². The van der Waals surface area contributed by atoms with Gasteiger partial charge in [-0.1, -0.05) is 78.1 Å². The highest BCUT2D eigenvalue weighted by molar-refractivity contribution is 4.98. The topological polar surface area (TPSA) is 0 Å². The van der Waals surface area contributed by atoms with Gasteiger partial charge in [0.05, 0.1) is 0 Å². The van der Waals surface area contributed by atoms with E-state index in [1.807, 2.05) is 0 Å². The normalized spacial score (nSPS) is 10.1. The molecule has 0 spiro atoms. The lowest BCUT2D eigenvalue weighted by Gasteiger charge is -2.01. The van der Waals surface area contributed by atoms with Crippen LogP contribution in [0.4, 0.5) is 0 Å². The molecule has 0 aromatic heterocycles. The molecule has 0 heteroatoms. The summed E-state index contributed by atoms with van der Waals surface area (Å²) in [5.74, 6) is 6.39. The Bertz CT molecular complexity index is 194. The maximum atomic E-state index is 3.78. The molecule has 0 amide bonds. The molecule has 0 saturated carbocycles. The first kappa shape index (κ1) is 17.6. The highest BCUT2D eigenvalue weighted by atomic mass is 14.0. The first-order valence-corrected chi connectivity index (χ1v) is 8.16. The van der Waals surface area contributed by atoms with E-state index in [1.165, 1.54) is 70.6 Å². The molecule has 105 valence electrons. The molecule has 1 radical (unpaired) electrons.